The van der Waals surface area contributed by atoms with Crippen LogP contribution >= 0.6 is 0 Å². The molecule has 0 saturated carbocycles. The van der Waals surface area contributed by atoms with Crippen LogP contribution in [-0.4, -0.2) is 27.0 Å². The molecule has 0 aliphatic heterocycles. The van der Waals surface area contributed by atoms with Gasteiger partial charge in [-0.25, -0.2) is 13.1 Å². The fourth-order valence-electron chi connectivity index (χ4n) is 2.01. The lowest BCUT2D eigenvalue weighted by Gasteiger charge is -2.05. The lowest BCUT2D eigenvalue weighted by atomic mass is 10.2. The van der Waals surface area contributed by atoms with E-state index in [-0.39, 0.29) is 4.90 Å². The van der Waals surface area contributed by atoms with Crippen molar-refractivity contribution in [3.8, 4) is 0 Å². The Balaban J connectivity index is 2.01. The Labute approximate surface area is 124 Å². The van der Waals surface area contributed by atoms with Gasteiger partial charge in [0.1, 0.15) is 16.4 Å². The minimum atomic E-state index is -3.55. The molecule has 0 fully saturated rings. The van der Waals surface area contributed by atoms with Crippen LogP contribution < -0.4 is 10.0 Å². The highest BCUT2D eigenvalue weighted by atomic mass is 32.2. The highest BCUT2D eigenvalue weighted by molar-refractivity contribution is 7.89. The minimum absolute atomic E-state index is 0.193. The van der Waals surface area contributed by atoms with Crippen LogP contribution in [0.3, 0.4) is 0 Å². The van der Waals surface area contributed by atoms with Crippen LogP contribution in [0.4, 0.5) is 0 Å². The van der Waals surface area contributed by atoms with Crippen molar-refractivity contribution in [3.63, 3.8) is 0 Å². The molecule has 0 aliphatic rings. The largest absolute Gasteiger partial charge is 0.464 e. The Hall–Kier alpha value is -1.70. The maximum absolute atomic E-state index is 12.3. The molecule has 2 aromatic heterocycles. The van der Waals surface area contributed by atoms with Gasteiger partial charge in [-0.05, 0) is 32.0 Å². The summed E-state index contributed by atoms with van der Waals surface area (Å²) in [6.45, 7) is 2.46. The van der Waals surface area contributed by atoms with E-state index >= 15 is 0 Å². The molecule has 6 nitrogen and oxygen atoms in total. The standard InChI is InChI=1S/C14H19N3O3S/c1-11-14(8-13(20-11)10-15-2)21(18,19)17-7-5-12-4-3-6-16-9-12/h3-4,6,8-9,15,17H,5,7,10H2,1-2H3. The number of nitrogens with one attached hydrogen (secondary N) is 2. The van der Waals surface area contributed by atoms with Crippen molar-refractivity contribution >= 4 is 10.0 Å². The number of furan rings is 1. The summed E-state index contributed by atoms with van der Waals surface area (Å²) < 4.78 is 32.5. The fourth-order valence-corrected chi connectivity index (χ4v) is 3.24. The summed E-state index contributed by atoms with van der Waals surface area (Å²) in [6, 6.07) is 5.29. The Morgan fingerprint density at radius 2 is 2.19 bits per heavy atom. The van der Waals surface area contributed by atoms with E-state index < -0.39 is 10.0 Å². The van der Waals surface area contributed by atoms with Gasteiger partial charge in [-0.3, -0.25) is 4.98 Å². The maximum Gasteiger partial charge on any atom is 0.244 e. The molecule has 0 amide bonds. The van der Waals surface area contributed by atoms with Crippen LogP contribution in [-0.2, 0) is 23.0 Å². The van der Waals surface area contributed by atoms with E-state index in [1.54, 1.807) is 32.4 Å². The quantitative estimate of drug-likeness (QED) is 0.803. The number of aromatic nitrogens is 1. The number of rotatable bonds is 7. The van der Waals surface area contributed by atoms with E-state index in [9.17, 15) is 8.42 Å². The first-order valence-corrected chi connectivity index (χ1v) is 8.13. The highest BCUT2D eigenvalue weighted by Crippen LogP contribution is 2.19. The van der Waals surface area contributed by atoms with Gasteiger partial charge in [0.25, 0.3) is 0 Å². The third-order valence-electron chi connectivity index (χ3n) is 2.99. The highest BCUT2D eigenvalue weighted by Gasteiger charge is 2.20. The predicted molar refractivity (Wildman–Crippen MR) is 79.3 cm³/mol. The van der Waals surface area contributed by atoms with Crippen LogP contribution in [0.15, 0.2) is 39.9 Å². The zero-order valence-electron chi connectivity index (χ0n) is 12.1. The molecule has 0 aliphatic carbocycles. The summed E-state index contributed by atoms with van der Waals surface area (Å²) in [5.41, 5.74) is 0.986. The first kappa shape index (κ1) is 15.7. The molecular weight excluding hydrogens is 290 g/mol. The third kappa shape index (κ3) is 4.13. The smallest absolute Gasteiger partial charge is 0.244 e. The van der Waals surface area contributed by atoms with Crippen molar-refractivity contribution in [2.24, 2.45) is 0 Å². The number of pyridine rings is 1. The van der Waals surface area contributed by atoms with Gasteiger partial charge in [0.2, 0.25) is 10.0 Å². The van der Waals surface area contributed by atoms with Crippen molar-refractivity contribution in [1.29, 1.82) is 0 Å². The van der Waals surface area contributed by atoms with Crippen LogP contribution in [0.1, 0.15) is 17.1 Å². The second-order valence-corrected chi connectivity index (χ2v) is 6.41. The number of hydrogen-bond donors (Lipinski definition) is 2. The van der Waals surface area contributed by atoms with Gasteiger partial charge >= 0.3 is 0 Å². The number of sulfonamides is 1. The molecule has 0 atom stereocenters. The van der Waals surface area contributed by atoms with Crippen LogP contribution in [0, 0.1) is 6.92 Å². The Kier molecular flexibility index (Phi) is 5.11. The lowest BCUT2D eigenvalue weighted by molar-refractivity contribution is 0.465. The van der Waals surface area contributed by atoms with E-state index in [2.05, 4.69) is 15.0 Å². The first-order valence-electron chi connectivity index (χ1n) is 6.65. The molecular formula is C14H19N3O3S. The molecule has 2 heterocycles. The van der Waals surface area contributed by atoms with Crippen LogP contribution in [0.5, 0.6) is 0 Å². The van der Waals surface area contributed by atoms with Gasteiger partial charge in [-0.1, -0.05) is 6.07 Å². The summed E-state index contributed by atoms with van der Waals surface area (Å²) in [5, 5.41) is 2.92. The molecule has 0 spiro atoms. The van der Waals surface area contributed by atoms with Crippen molar-refractivity contribution in [3.05, 3.63) is 47.7 Å². The average molecular weight is 309 g/mol. The van der Waals surface area contributed by atoms with Gasteiger partial charge in [0.15, 0.2) is 0 Å². The van der Waals surface area contributed by atoms with Gasteiger partial charge < -0.3 is 9.73 Å². The molecule has 2 aromatic rings. The van der Waals surface area contributed by atoms with Crippen LogP contribution in [0.2, 0.25) is 0 Å². The zero-order valence-corrected chi connectivity index (χ0v) is 12.9. The van der Waals surface area contributed by atoms with Crippen molar-refractivity contribution in [2.45, 2.75) is 24.8 Å². The van der Waals surface area contributed by atoms with E-state index in [1.165, 1.54) is 0 Å². The summed E-state index contributed by atoms with van der Waals surface area (Å²) >= 11 is 0. The Morgan fingerprint density at radius 3 is 2.86 bits per heavy atom. The molecule has 2 rings (SSSR count). The molecule has 0 unspecified atom stereocenters. The van der Waals surface area contributed by atoms with Crippen LogP contribution in [0.25, 0.3) is 0 Å². The summed E-state index contributed by atoms with van der Waals surface area (Å²) in [7, 11) is -1.77. The first-order chi connectivity index (χ1) is 10.0. The molecule has 114 valence electrons. The number of nitrogens with zero attached hydrogens (tertiary/aromatic N) is 1. The zero-order chi connectivity index (χ0) is 15.3. The molecule has 0 radical (unpaired) electrons. The van der Waals surface area contributed by atoms with Gasteiger partial charge in [0, 0.05) is 25.0 Å². The van der Waals surface area contributed by atoms with Crippen molar-refractivity contribution < 1.29 is 12.8 Å². The normalized spacial score (nSPS) is 11.7. The van der Waals surface area contributed by atoms with Crippen molar-refractivity contribution in [1.82, 2.24) is 15.0 Å². The molecule has 7 heteroatoms. The van der Waals surface area contributed by atoms with E-state index in [0.29, 0.717) is 31.0 Å². The SMILES string of the molecule is CNCc1cc(S(=O)(=O)NCCc2cccnc2)c(C)o1. The molecule has 0 bridgehead atoms. The fraction of sp³-hybridized carbons (Fsp3) is 0.357. The number of hydrogen-bond acceptors (Lipinski definition) is 5. The van der Waals surface area contributed by atoms with Gasteiger partial charge in [-0.2, -0.15) is 0 Å². The van der Waals surface area contributed by atoms with E-state index in [0.717, 1.165) is 5.56 Å². The molecule has 2 N–H and O–H groups in total. The predicted octanol–water partition coefficient (Wildman–Crippen LogP) is 1.22. The van der Waals surface area contributed by atoms with E-state index in [1.807, 2.05) is 12.1 Å². The summed E-state index contributed by atoms with van der Waals surface area (Å²) in [5.74, 6) is 0.997. The monoisotopic (exact) mass is 309 g/mol. The average Bonchev–Trinajstić information content (AvgIpc) is 2.82. The molecule has 0 aromatic carbocycles. The summed E-state index contributed by atoms with van der Waals surface area (Å²) in [6.07, 6.45) is 4.00. The van der Waals surface area contributed by atoms with Crippen molar-refractivity contribution in [2.75, 3.05) is 13.6 Å². The second-order valence-electron chi connectivity index (χ2n) is 4.67. The Morgan fingerprint density at radius 1 is 1.38 bits per heavy atom. The molecule has 0 saturated heterocycles. The third-order valence-corrected chi connectivity index (χ3v) is 4.56. The van der Waals surface area contributed by atoms with Gasteiger partial charge in [-0.15, -0.1) is 0 Å². The summed E-state index contributed by atoms with van der Waals surface area (Å²) in [4.78, 5) is 4.19. The molecule has 21 heavy (non-hydrogen) atoms. The topological polar surface area (TPSA) is 84.2 Å². The maximum atomic E-state index is 12.3. The van der Waals surface area contributed by atoms with Gasteiger partial charge in [0.05, 0.1) is 6.54 Å². The number of aryl methyl sites for hydroxylation is 1. The van der Waals surface area contributed by atoms with E-state index in [4.69, 9.17) is 4.42 Å². The Bertz CT molecular complexity index is 681. The second kappa shape index (κ2) is 6.84. The lowest BCUT2D eigenvalue weighted by Crippen LogP contribution is -2.26. The minimum Gasteiger partial charge on any atom is -0.464 e.